The molecule has 0 spiro atoms. The molecule has 0 bridgehead atoms. The zero-order valence-electron chi connectivity index (χ0n) is 14.9. The summed E-state index contributed by atoms with van der Waals surface area (Å²) in [5.41, 5.74) is 0.457. The third-order valence-corrected chi connectivity index (χ3v) is 4.66. The van der Waals surface area contributed by atoms with E-state index in [1.165, 1.54) is 0 Å². The van der Waals surface area contributed by atoms with Gasteiger partial charge in [0.2, 0.25) is 0 Å². The topological polar surface area (TPSA) is 56.8 Å². The van der Waals surface area contributed by atoms with Gasteiger partial charge in [0.15, 0.2) is 0 Å². The molecule has 0 unspecified atom stereocenters. The molecule has 2 aromatic rings. The second kappa shape index (κ2) is 6.54. The fraction of sp³-hybridized carbons (Fsp3) is 0.316. The van der Waals surface area contributed by atoms with Gasteiger partial charge in [0.1, 0.15) is 5.75 Å². The molecule has 1 aliphatic rings. The van der Waals surface area contributed by atoms with Crippen LogP contribution in [0.1, 0.15) is 27.7 Å². The number of amides is 1. The van der Waals surface area contributed by atoms with Gasteiger partial charge in [0.25, 0.3) is 0 Å². The Morgan fingerprint density at radius 2 is 1.48 bits per heavy atom. The lowest BCUT2D eigenvalue weighted by Crippen LogP contribution is -2.41. The molecule has 2 aromatic carbocycles. The Kier molecular flexibility index (Phi) is 4.58. The second-order valence-corrected chi connectivity index (χ2v) is 7.00. The van der Waals surface area contributed by atoms with Crippen LogP contribution in [0.25, 0.3) is 0 Å². The van der Waals surface area contributed by atoms with E-state index in [0.29, 0.717) is 11.4 Å². The number of nitrogens with one attached hydrogen (secondary N) is 1. The molecule has 3 rings (SSSR count). The van der Waals surface area contributed by atoms with Crippen LogP contribution in [0, 0.1) is 0 Å². The number of benzene rings is 2. The van der Waals surface area contributed by atoms with E-state index in [0.717, 1.165) is 5.46 Å². The minimum Gasteiger partial charge on any atom is -0.410 e. The second-order valence-electron chi connectivity index (χ2n) is 7.00. The van der Waals surface area contributed by atoms with E-state index < -0.39 is 24.4 Å². The highest BCUT2D eigenvalue weighted by Crippen LogP contribution is 2.37. The predicted octanol–water partition coefficient (Wildman–Crippen LogP) is 3.60. The number of hydrogen-bond donors (Lipinski definition) is 1. The summed E-state index contributed by atoms with van der Waals surface area (Å²) in [6.07, 6.45) is -0.560. The smallest absolute Gasteiger partial charge is 0.410 e. The molecule has 5 nitrogen and oxygen atoms in total. The molecule has 0 radical (unpaired) electrons. The third-order valence-electron chi connectivity index (χ3n) is 4.66. The first-order valence-electron chi connectivity index (χ1n) is 8.27. The summed E-state index contributed by atoms with van der Waals surface area (Å²) in [4.78, 5) is 12.2. The van der Waals surface area contributed by atoms with Crippen molar-refractivity contribution in [3.63, 3.8) is 0 Å². The summed E-state index contributed by atoms with van der Waals surface area (Å²) in [7, 11) is -0.557. The molecular formula is C19H22BNO4. The normalized spacial score (nSPS) is 18.0. The van der Waals surface area contributed by atoms with Crippen LogP contribution in [-0.2, 0) is 9.31 Å². The van der Waals surface area contributed by atoms with E-state index in [9.17, 15) is 4.79 Å². The van der Waals surface area contributed by atoms with Crippen LogP contribution in [-0.4, -0.2) is 24.4 Å². The van der Waals surface area contributed by atoms with Crippen molar-refractivity contribution >= 4 is 24.4 Å². The van der Waals surface area contributed by atoms with E-state index in [-0.39, 0.29) is 0 Å². The molecule has 0 aromatic heterocycles. The quantitative estimate of drug-likeness (QED) is 0.868. The van der Waals surface area contributed by atoms with E-state index in [1.54, 1.807) is 30.3 Å². The van der Waals surface area contributed by atoms with Gasteiger partial charge in [0.05, 0.1) is 11.2 Å². The number of hydrogen-bond acceptors (Lipinski definition) is 4. The molecular weight excluding hydrogens is 317 g/mol. The number of rotatable bonds is 3. The lowest BCUT2D eigenvalue weighted by molar-refractivity contribution is 0.00578. The molecule has 25 heavy (non-hydrogen) atoms. The summed E-state index contributed by atoms with van der Waals surface area (Å²) in [5, 5.41) is 2.77. The van der Waals surface area contributed by atoms with Crippen molar-refractivity contribution < 1.29 is 18.8 Å². The zero-order valence-corrected chi connectivity index (χ0v) is 14.9. The Morgan fingerprint density at radius 3 is 2.12 bits per heavy atom. The first-order valence-corrected chi connectivity index (χ1v) is 8.27. The number of carbonyl (C=O) groups excluding carboxylic acids is 1. The zero-order chi connectivity index (χ0) is 18.1. The summed E-state index contributed by atoms with van der Waals surface area (Å²) in [6, 6.07) is 16.3. The molecule has 1 fully saturated rings. The van der Waals surface area contributed by atoms with E-state index in [4.69, 9.17) is 14.0 Å². The van der Waals surface area contributed by atoms with Crippen molar-refractivity contribution in [3.8, 4) is 5.75 Å². The number of carbonyl (C=O) groups is 1. The van der Waals surface area contributed by atoms with Crippen LogP contribution in [0.15, 0.2) is 54.6 Å². The van der Waals surface area contributed by atoms with Crippen LogP contribution >= 0.6 is 0 Å². The van der Waals surface area contributed by atoms with Crippen LogP contribution < -0.4 is 15.5 Å². The number of ether oxygens (including phenoxy) is 1. The van der Waals surface area contributed by atoms with Gasteiger partial charge in [0, 0.05) is 11.2 Å². The first-order chi connectivity index (χ1) is 11.8. The molecule has 1 saturated heterocycles. The van der Waals surface area contributed by atoms with Crippen molar-refractivity contribution in [2.24, 2.45) is 0 Å². The Labute approximate surface area is 148 Å². The van der Waals surface area contributed by atoms with Crippen molar-refractivity contribution in [2.45, 2.75) is 38.9 Å². The fourth-order valence-electron chi connectivity index (χ4n) is 2.52. The van der Waals surface area contributed by atoms with Gasteiger partial charge in [-0.25, -0.2) is 4.79 Å². The highest BCUT2D eigenvalue weighted by Gasteiger charge is 2.52. The maximum Gasteiger partial charge on any atom is 0.496 e. The summed E-state index contributed by atoms with van der Waals surface area (Å²) >= 11 is 0. The van der Waals surface area contributed by atoms with E-state index in [2.05, 4.69) is 5.32 Å². The van der Waals surface area contributed by atoms with Gasteiger partial charge in [-0.15, -0.1) is 0 Å². The average molecular weight is 339 g/mol. The monoisotopic (exact) mass is 339 g/mol. The van der Waals surface area contributed by atoms with E-state index in [1.807, 2.05) is 52.0 Å². The van der Waals surface area contributed by atoms with Crippen LogP contribution in [0.3, 0.4) is 0 Å². The molecule has 0 aliphatic carbocycles. The molecule has 1 N–H and O–H groups in total. The minimum absolute atomic E-state index is 0.449. The van der Waals surface area contributed by atoms with Crippen molar-refractivity contribution in [1.29, 1.82) is 0 Å². The number of para-hydroxylation sites is 2. The molecule has 130 valence electrons. The van der Waals surface area contributed by atoms with Crippen LogP contribution in [0.4, 0.5) is 10.5 Å². The third kappa shape index (κ3) is 3.70. The van der Waals surface area contributed by atoms with Crippen molar-refractivity contribution in [1.82, 2.24) is 0 Å². The molecule has 6 heteroatoms. The molecule has 0 saturated carbocycles. The van der Waals surface area contributed by atoms with E-state index >= 15 is 0 Å². The standard InChI is InChI=1S/C19H22BNO4/c1-18(2)19(3,4)25-20(24-18)15-12-8-9-13-16(15)21-17(22)23-14-10-6-5-7-11-14/h5-13H,1-4H3,(H,21,22). The van der Waals surface area contributed by atoms with Gasteiger partial charge in [-0.2, -0.15) is 0 Å². The summed E-state index contributed by atoms with van der Waals surface area (Å²) in [6.45, 7) is 7.97. The maximum atomic E-state index is 12.2. The van der Waals surface area contributed by atoms with Gasteiger partial charge in [-0.1, -0.05) is 36.4 Å². The molecule has 1 aliphatic heterocycles. The largest absolute Gasteiger partial charge is 0.496 e. The molecule has 1 heterocycles. The summed E-state index contributed by atoms with van der Waals surface area (Å²) < 4.78 is 17.4. The Bertz CT molecular complexity index is 745. The van der Waals surface area contributed by atoms with Crippen molar-refractivity contribution in [3.05, 3.63) is 54.6 Å². The first kappa shape index (κ1) is 17.5. The Morgan fingerprint density at radius 1 is 0.920 bits per heavy atom. The SMILES string of the molecule is CC1(C)OB(c2ccccc2NC(=O)Oc2ccccc2)OC1(C)C. The Balaban J connectivity index is 1.77. The van der Waals surface area contributed by atoms with Gasteiger partial charge in [-0.05, 0) is 45.9 Å². The predicted molar refractivity (Wildman–Crippen MR) is 98.2 cm³/mol. The summed E-state index contributed by atoms with van der Waals surface area (Å²) in [5.74, 6) is 0.480. The fourth-order valence-corrected chi connectivity index (χ4v) is 2.52. The lowest BCUT2D eigenvalue weighted by atomic mass is 9.78. The minimum atomic E-state index is -0.560. The highest BCUT2D eigenvalue weighted by atomic mass is 16.7. The van der Waals surface area contributed by atoms with Crippen LogP contribution in [0.5, 0.6) is 5.75 Å². The Hall–Kier alpha value is -2.31. The van der Waals surface area contributed by atoms with Gasteiger partial charge in [-0.3, -0.25) is 5.32 Å². The molecule has 1 amide bonds. The highest BCUT2D eigenvalue weighted by molar-refractivity contribution is 6.64. The van der Waals surface area contributed by atoms with Crippen molar-refractivity contribution in [2.75, 3.05) is 5.32 Å². The lowest BCUT2D eigenvalue weighted by Gasteiger charge is -2.32. The van der Waals surface area contributed by atoms with Crippen LogP contribution in [0.2, 0.25) is 0 Å². The van der Waals surface area contributed by atoms with Gasteiger partial charge < -0.3 is 14.0 Å². The average Bonchev–Trinajstić information content (AvgIpc) is 2.76. The number of anilines is 1. The van der Waals surface area contributed by atoms with Gasteiger partial charge >= 0.3 is 13.2 Å². The molecule has 0 atom stereocenters. The maximum absolute atomic E-state index is 12.2.